The minimum absolute atomic E-state index is 0.0319. The van der Waals surface area contributed by atoms with E-state index < -0.39 is 17.7 Å². The van der Waals surface area contributed by atoms with Crippen LogP contribution in [0.1, 0.15) is 28.3 Å². The summed E-state index contributed by atoms with van der Waals surface area (Å²) in [5.74, 6) is -1.82. The van der Waals surface area contributed by atoms with Crippen molar-refractivity contribution in [2.45, 2.75) is 19.9 Å². The first-order valence-electron chi connectivity index (χ1n) is 9.52. The fourth-order valence-electron chi connectivity index (χ4n) is 3.84. The monoisotopic (exact) mass is 452 g/mol. The molecule has 7 heteroatoms. The molecular formula is C24H18Cl2N2O3. The lowest BCUT2D eigenvalue weighted by Crippen LogP contribution is -2.29. The van der Waals surface area contributed by atoms with Gasteiger partial charge in [-0.1, -0.05) is 35.3 Å². The molecule has 0 aliphatic carbocycles. The molecule has 1 atom stereocenters. The molecule has 0 bridgehead atoms. The number of nitrogens with zero attached hydrogens (tertiary/aromatic N) is 2. The number of anilines is 1. The summed E-state index contributed by atoms with van der Waals surface area (Å²) < 4.78 is 0. The first-order chi connectivity index (χ1) is 14.8. The maximum absolute atomic E-state index is 13.1. The van der Waals surface area contributed by atoms with Crippen molar-refractivity contribution in [2.75, 3.05) is 4.90 Å². The number of benzene rings is 2. The Morgan fingerprint density at radius 3 is 2.32 bits per heavy atom. The smallest absolute Gasteiger partial charge is 0.300 e. The van der Waals surface area contributed by atoms with E-state index in [0.717, 1.165) is 11.1 Å². The Morgan fingerprint density at radius 1 is 1.00 bits per heavy atom. The number of amides is 1. The number of rotatable bonds is 3. The first kappa shape index (κ1) is 21.1. The summed E-state index contributed by atoms with van der Waals surface area (Å²) in [5.41, 5.74) is 3.33. The number of pyridine rings is 1. The summed E-state index contributed by atoms with van der Waals surface area (Å²) in [6.45, 7) is 3.84. The number of aliphatic hydroxyl groups excluding tert-OH is 1. The molecule has 0 saturated carbocycles. The molecule has 1 saturated heterocycles. The molecule has 156 valence electrons. The van der Waals surface area contributed by atoms with E-state index in [2.05, 4.69) is 4.98 Å². The molecule has 1 aromatic heterocycles. The van der Waals surface area contributed by atoms with E-state index in [0.29, 0.717) is 21.8 Å². The van der Waals surface area contributed by atoms with E-state index in [1.165, 1.54) is 17.0 Å². The van der Waals surface area contributed by atoms with Gasteiger partial charge in [0.05, 0.1) is 21.7 Å². The Kier molecular flexibility index (Phi) is 5.56. The third kappa shape index (κ3) is 3.82. The van der Waals surface area contributed by atoms with Crippen LogP contribution in [-0.4, -0.2) is 21.8 Å². The maximum Gasteiger partial charge on any atom is 0.300 e. The average molecular weight is 453 g/mol. The highest BCUT2D eigenvalue weighted by molar-refractivity contribution is 6.51. The second kappa shape index (κ2) is 8.17. The van der Waals surface area contributed by atoms with Gasteiger partial charge in [0.2, 0.25) is 0 Å². The van der Waals surface area contributed by atoms with Gasteiger partial charge in [0, 0.05) is 23.6 Å². The number of halogens is 2. The van der Waals surface area contributed by atoms with E-state index in [1.54, 1.807) is 30.6 Å². The van der Waals surface area contributed by atoms with Gasteiger partial charge in [0.1, 0.15) is 5.76 Å². The summed E-state index contributed by atoms with van der Waals surface area (Å²) in [6.07, 6.45) is 3.18. The number of Topliss-reactive ketones (excluding diaryl/α,β-unsaturated/α-hetero) is 1. The lowest BCUT2D eigenvalue weighted by atomic mass is 9.96. The van der Waals surface area contributed by atoms with Gasteiger partial charge >= 0.3 is 0 Å². The second-order valence-corrected chi connectivity index (χ2v) is 8.24. The molecule has 0 radical (unpaired) electrons. The van der Waals surface area contributed by atoms with Crippen LogP contribution in [0.5, 0.6) is 0 Å². The van der Waals surface area contributed by atoms with Crippen molar-refractivity contribution in [1.82, 2.24) is 4.98 Å². The second-order valence-electron chi connectivity index (χ2n) is 7.43. The predicted octanol–water partition coefficient (Wildman–Crippen LogP) is 5.63. The number of aromatic nitrogens is 1. The summed E-state index contributed by atoms with van der Waals surface area (Å²) in [6, 6.07) is 12.8. The van der Waals surface area contributed by atoms with Crippen molar-refractivity contribution in [2.24, 2.45) is 0 Å². The van der Waals surface area contributed by atoms with Crippen LogP contribution >= 0.6 is 23.2 Å². The summed E-state index contributed by atoms with van der Waals surface area (Å²) in [7, 11) is 0. The minimum atomic E-state index is -0.843. The summed E-state index contributed by atoms with van der Waals surface area (Å²) >= 11 is 12.1. The highest BCUT2D eigenvalue weighted by Crippen LogP contribution is 2.42. The lowest BCUT2D eigenvalue weighted by molar-refractivity contribution is -0.132. The van der Waals surface area contributed by atoms with Gasteiger partial charge in [-0.25, -0.2) is 0 Å². The fourth-order valence-corrected chi connectivity index (χ4v) is 4.14. The quantitative estimate of drug-likeness (QED) is 0.317. The van der Waals surface area contributed by atoms with Gasteiger partial charge < -0.3 is 5.11 Å². The van der Waals surface area contributed by atoms with Crippen molar-refractivity contribution in [3.05, 3.63) is 98.8 Å². The predicted molar refractivity (Wildman–Crippen MR) is 121 cm³/mol. The molecule has 0 spiro atoms. The number of hydrogen-bond acceptors (Lipinski definition) is 4. The van der Waals surface area contributed by atoms with Crippen molar-refractivity contribution in [3.63, 3.8) is 0 Å². The molecule has 1 N–H and O–H groups in total. The Labute approximate surface area is 189 Å². The summed E-state index contributed by atoms with van der Waals surface area (Å²) in [4.78, 5) is 31.8. The average Bonchev–Trinajstić information content (AvgIpc) is 3.00. The molecule has 2 aromatic carbocycles. The highest BCUT2D eigenvalue weighted by atomic mass is 35.5. The number of hydrogen-bond donors (Lipinski definition) is 1. The fraction of sp³-hybridized carbons (Fsp3) is 0.125. The van der Waals surface area contributed by atoms with Crippen LogP contribution in [0.15, 0.2) is 66.5 Å². The van der Waals surface area contributed by atoms with Gasteiger partial charge in [0.15, 0.2) is 0 Å². The standard InChI is InChI=1S/C24H18Cl2N2O3/c1-13-8-14(2)10-17(9-13)28-21(16-4-3-7-27-12-16)20(23(30)24(28)31)22(29)15-5-6-18(25)19(26)11-15/h3-12,21,29H,1-2H3/b22-20-. The zero-order valence-corrected chi connectivity index (χ0v) is 18.3. The molecule has 1 fully saturated rings. The highest BCUT2D eigenvalue weighted by Gasteiger charge is 2.47. The van der Waals surface area contributed by atoms with Crippen molar-refractivity contribution >= 4 is 46.3 Å². The van der Waals surface area contributed by atoms with E-state index in [1.807, 2.05) is 32.0 Å². The zero-order valence-electron chi connectivity index (χ0n) is 16.8. The molecule has 2 heterocycles. The molecule has 1 unspecified atom stereocenters. The number of aliphatic hydroxyl groups is 1. The molecular weight excluding hydrogens is 435 g/mol. The maximum atomic E-state index is 13.1. The molecule has 31 heavy (non-hydrogen) atoms. The molecule has 1 aliphatic rings. The van der Waals surface area contributed by atoms with Gasteiger partial charge in [-0.3, -0.25) is 19.5 Å². The van der Waals surface area contributed by atoms with E-state index in [-0.39, 0.29) is 16.4 Å². The van der Waals surface area contributed by atoms with Crippen molar-refractivity contribution < 1.29 is 14.7 Å². The Balaban J connectivity index is 1.97. The van der Waals surface area contributed by atoms with Crippen LogP contribution in [0, 0.1) is 13.8 Å². The van der Waals surface area contributed by atoms with Gasteiger partial charge in [-0.05, 0) is 66.9 Å². The largest absolute Gasteiger partial charge is 0.507 e. The van der Waals surface area contributed by atoms with Crippen LogP contribution in [0.4, 0.5) is 5.69 Å². The topological polar surface area (TPSA) is 70.5 Å². The van der Waals surface area contributed by atoms with E-state index >= 15 is 0 Å². The van der Waals surface area contributed by atoms with Crippen LogP contribution in [0.25, 0.3) is 5.76 Å². The zero-order chi connectivity index (χ0) is 22.3. The van der Waals surface area contributed by atoms with Crippen LogP contribution in [0.2, 0.25) is 10.0 Å². The first-order valence-corrected chi connectivity index (χ1v) is 10.3. The van der Waals surface area contributed by atoms with Crippen LogP contribution in [0.3, 0.4) is 0 Å². The van der Waals surface area contributed by atoms with Gasteiger partial charge in [-0.2, -0.15) is 0 Å². The van der Waals surface area contributed by atoms with E-state index in [4.69, 9.17) is 23.2 Å². The number of ketones is 1. The third-order valence-electron chi connectivity index (χ3n) is 5.12. The Bertz CT molecular complexity index is 1220. The minimum Gasteiger partial charge on any atom is -0.507 e. The lowest BCUT2D eigenvalue weighted by Gasteiger charge is -2.26. The molecule has 1 amide bonds. The van der Waals surface area contributed by atoms with Crippen LogP contribution < -0.4 is 4.90 Å². The van der Waals surface area contributed by atoms with E-state index in [9.17, 15) is 14.7 Å². The third-order valence-corrected chi connectivity index (χ3v) is 5.86. The van der Waals surface area contributed by atoms with Crippen molar-refractivity contribution in [1.29, 1.82) is 0 Å². The normalized spacial score (nSPS) is 17.9. The van der Waals surface area contributed by atoms with Crippen molar-refractivity contribution in [3.8, 4) is 0 Å². The number of aryl methyl sites for hydroxylation is 2. The SMILES string of the molecule is Cc1cc(C)cc(N2C(=O)C(=O)/C(=C(\O)c3ccc(Cl)c(Cl)c3)C2c2cccnc2)c1. The van der Waals surface area contributed by atoms with Crippen LogP contribution in [-0.2, 0) is 9.59 Å². The molecule has 4 rings (SSSR count). The van der Waals surface area contributed by atoms with Gasteiger partial charge in [0.25, 0.3) is 11.7 Å². The summed E-state index contributed by atoms with van der Waals surface area (Å²) in [5, 5.41) is 11.6. The molecule has 5 nitrogen and oxygen atoms in total. The van der Waals surface area contributed by atoms with Gasteiger partial charge in [-0.15, -0.1) is 0 Å². The Morgan fingerprint density at radius 2 is 1.71 bits per heavy atom. The Hall–Kier alpha value is -3.15. The molecule has 3 aromatic rings. The number of carbonyl (C=O) groups excluding carboxylic acids is 2. The molecule has 1 aliphatic heterocycles. The number of carbonyl (C=O) groups is 2.